The van der Waals surface area contributed by atoms with Gasteiger partial charge in [-0.1, -0.05) is 41.9 Å². The number of hydrogen-bond acceptors (Lipinski definition) is 8. The Labute approximate surface area is 272 Å². The normalized spacial score (nSPS) is 16.6. The van der Waals surface area contributed by atoms with Gasteiger partial charge in [0.15, 0.2) is 0 Å². The SMILES string of the molecule is COC(=O)c1ccc(-c2ccc(C[C@H](NC(=O)[C@H]3CC[C@H](CN)CC3)C(=O)Nc3ccc(-c4nn[nH]n4)cc3)cc2)c(Cl)c1.Cl. The Hall–Kier alpha value is -4.32. The number of hydrogen-bond donors (Lipinski definition) is 4. The second-order valence-corrected chi connectivity index (χ2v) is 11.3. The van der Waals surface area contributed by atoms with E-state index in [0.717, 1.165) is 47.9 Å². The number of halogens is 2. The van der Waals surface area contributed by atoms with E-state index in [-0.39, 0.29) is 36.6 Å². The summed E-state index contributed by atoms with van der Waals surface area (Å²) in [5, 5.41) is 20.3. The number of H-pyrrole nitrogens is 1. The molecule has 0 spiro atoms. The van der Waals surface area contributed by atoms with Gasteiger partial charge in [0.1, 0.15) is 6.04 Å². The van der Waals surface area contributed by atoms with Crippen LogP contribution < -0.4 is 16.4 Å². The summed E-state index contributed by atoms with van der Waals surface area (Å²) in [4.78, 5) is 38.7. The molecule has 2 amide bonds. The number of carbonyl (C=O) groups excluding carboxylic acids is 3. The first-order valence-electron chi connectivity index (χ1n) is 14.5. The Morgan fingerprint density at radius 3 is 2.29 bits per heavy atom. The van der Waals surface area contributed by atoms with Gasteiger partial charge in [-0.2, -0.15) is 5.21 Å². The van der Waals surface area contributed by atoms with Crippen LogP contribution in [0.3, 0.4) is 0 Å². The summed E-state index contributed by atoms with van der Waals surface area (Å²) >= 11 is 6.47. The number of aromatic nitrogens is 4. The molecule has 5 N–H and O–H groups in total. The van der Waals surface area contributed by atoms with Gasteiger partial charge in [0.25, 0.3) is 0 Å². The summed E-state index contributed by atoms with van der Waals surface area (Å²) < 4.78 is 4.77. The smallest absolute Gasteiger partial charge is 0.337 e. The monoisotopic (exact) mass is 651 g/mol. The molecule has 13 heteroatoms. The van der Waals surface area contributed by atoms with Crippen molar-refractivity contribution in [2.45, 2.75) is 38.1 Å². The Kier molecular flexibility index (Phi) is 11.6. The average molecular weight is 653 g/mol. The maximum Gasteiger partial charge on any atom is 0.337 e. The van der Waals surface area contributed by atoms with E-state index in [4.69, 9.17) is 22.1 Å². The minimum absolute atomic E-state index is 0. The molecule has 0 aliphatic heterocycles. The topological polar surface area (TPSA) is 165 Å². The fourth-order valence-electron chi connectivity index (χ4n) is 5.43. The number of benzene rings is 3. The molecule has 0 radical (unpaired) electrons. The molecule has 1 aliphatic rings. The lowest BCUT2D eigenvalue weighted by molar-refractivity contribution is -0.130. The van der Waals surface area contributed by atoms with Crippen LogP contribution >= 0.6 is 24.0 Å². The third-order valence-corrected chi connectivity index (χ3v) is 8.35. The number of tetrazole rings is 1. The maximum absolute atomic E-state index is 13.6. The van der Waals surface area contributed by atoms with Gasteiger partial charge < -0.3 is 21.1 Å². The van der Waals surface area contributed by atoms with Crippen molar-refractivity contribution in [2.24, 2.45) is 17.6 Å². The first kappa shape index (κ1) is 33.6. The van der Waals surface area contributed by atoms with Crippen molar-refractivity contribution >= 4 is 47.5 Å². The van der Waals surface area contributed by atoms with E-state index in [1.807, 2.05) is 24.3 Å². The van der Waals surface area contributed by atoms with Crippen LogP contribution in [0.1, 0.15) is 41.6 Å². The summed E-state index contributed by atoms with van der Waals surface area (Å²) in [6.45, 7) is 0.627. The van der Waals surface area contributed by atoms with Gasteiger partial charge in [0.2, 0.25) is 17.6 Å². The van der Waals surface area contributed by atoms with Gasteiger partial charge in [0, 0.05) is 34.2 Å². The molecule has 3 aromatic carbocycles. The molecule has 4 aromatic rings. The van der Waals surface area contributed by atoms with E-state index < -0.39 is 12.0 Å². The van der Waals surface area contributed by atoms with Crippen molar-refractivity contribution in [3.05, 3.63) is 82.9 Å². The standard InChI is InChI=1S/C32H34ClN7O4.ClH/c1-44-32(43)24-12-15-26(27(33)17-24)21-6-2-19(3-7-21)16-28(36-30(41)23-8-4-20(18-34)5-9-23)31(42)35-25-13-10-22(11-14-25)29-37-39-40-38-29;/h2-3,6-7,10-15,17,20,23,28H,4-5,8-9,16,18,34H2,1H3,(H,35,42)(H,36,41)(H,37,38,39,40);1H/t20-,23-,28-;/m0./s1. The molecule has 1 saturated carbocycles. The van der Waals surface area contributed by atoms with E-state index in [2.05, 4.69) is 31.3 Å². The number of rotatable bonds is 10. The van der Waals surface area contributed by atoms with Crippen molar-refractivity contribution in [3.63, 3.8) is 0 Å². The van der Waals surface area contributed by atoms with Crippen LogP contribution in [-0.2, 0) is 20.7 Å². The van der Waals surface area contributed by atoms with E-state index in [1.54, 1.807) is 42.5 Å². The number of esters is 1. The predicted molar refractivity (Wildman–Crippen MR) is 174 cm³/mol. The van der Waals surface area contributed by atoms with Crippen molar-refractivity contribution in [1.82, 2.24) is 25.9 Å². The zero-order valence-corrected chi connectivity index (χ0v) is 26.2. The van der Waals surface area contributed by atoms with E-state index in [1.165, 1.54) is 7.11 Å². The molecular weight excluding hydrogens is 617 g/mol. The highest BCUT2D eigenvalue weighted by Crippen LogP contribution is 2.30. The van der Waals surface area contributed by atoms with Gasteiger partial charge in [-0.15, -0.1) is 22.6 Å². The summed E-state index contributed by atoms with van der Waals surface area (Å²) in [7, 11) is 1.32. The predicted octanol–water partition coefficient (Wildman–Crippen LogP) is 4.83. The van der Waals surface area contributed by atoms with Gasteiger partial charge in [-0.3, -0.25) is 9.59 Å². The van der Waals surface area contributed by atoms with Crippen LogP contribution in [0.25, 0.3) is 22.5 Å². The first-order chi connectivity index (χ1) is 21.3. The molecule has 0 saturated heterocycles. The molecule has 1 atom stereocenters. The molecule has 45 heavy (non-hydrogen) atoms. The second-order valence-electron chi connectivity index (χ2n) is 10.9. The zero-order chi connectivity index (χ0) is 31.1. The third kappa shape index (κ3) is 8.44. The largest absolute Gasteiger partial charge is 0.465 e. The highest BCUT2D eigenvalue weighted by Gasteiger charge is 2.29. The van der Waals surface area contributed by atoms with Crippen LogP contribution in [0, 0.1) is 11.8 Å². The van der Waals surface area contributed by atoms with Crippen molar-refractivity contribution in [1.29, 1.82) is 0 Å². The number of ether oxygens (including phenoxy) is 1. The molecule has 1 aromatic heterocycles. The number of methoxy groups -OCH3 is 1. The van der Waals surface area contributed by atoms with Crippen molar-refractivity contribution < 1.29 is 19.1 Å². The molecular formula is C32H35Cl2N7O4. The zero-order valence-electron chi connectivity index (χ0n) is 24.7. The number of carbonyl (C=O) groups is 3. The van der Waals surface area contributed by atoms with Crippen LogP contribution in [0.4, 0.5) is 5.69 Å². The van der Waals surface area contributed by atoms with Gasteiger partial charge >= 0.3 is 5.97 Å². The summed E-state index contributed by atoms with van der Waals surface area (Å²) in [6.07, 6.45) is 3.60. The summed E-state index contributed by atoms with van der Waals surface area (Å²) in [5.41, 5.74) is 9.97. The van der Waals surface area contributed by atoms with Crippen molar-refractivity contribution in [2.75, 3.05) is 19.0 Å². The van der Waals surface area contributed by atoms with E-state index in [0.29, 0.717) is 34.6 Å². The highest BCUT2D eigenvalue weighted by atomic mass is 35.5. The van der Waals surface area contributed by atoms with Crippen molar-refractivity contribution in [3.8, 4) is 22.5 Å². The molecule has 0 unspecified atom stereocenters. The molecule has 11 nitrogen and oxygen atoms in total. The lowest BCUT2D eigenvalue weighted by atomic mass is 9.81. The fourth-order valence-corrected chi connectivity index (χ4v) is 5.72. The number of anilines is 1. The molecule has 236 valence electrons. The fraction of sp³-hybridized carbons (Fsp3) is 0.312. The molecule has 1 heterocycles. The lowest BCUT2D eigenvalue weighted by Gasteiger charge is -2.28. The molecule has 0 bridgehead atoms. The number of nitrogens with two attached hydrogens (primary N) is 1. The first-order valence-corrected chi connectivity index (χ1v) is 14.8. The Balaban J connectivity index is 0.00000461. The number of amides is 2. The number of nitrogens with one attached hydrogen (secondary N) is 3. The molecule has 5 rings (SSSR count). The molecule has 1 fully saturated rings. The minimum Gasteiger partial charge on any atom is -0.465 e. The Bertz CT molecular complexity index is 1590. The number of aromatic amines is 1. The average Bonchev–Trinajstić information content (AvgIpc) is 3.60. The van der Waals surface area contributed by atoms with Crippen LogP contribution in [0.15, 0.2) is 66.7 Å². The van der Waals surface area contributed by atoms with Crippen LogP contribution in [0.2, 0.25) is 5.02 Å². The highest BCUT2D eigenvalue weighted by molar-refractivity contribution is 6.33. The molecule has 1 aliphatic carbocycles. The number of nitrogens with zero attached hydrogens (tertiary/aromatic N) is 3. The Morgan fingerprint density at radius 2 is 1.69 bits per heavy atom. The van der Waals surface area contributed by atoms with Gasteiger partial charge in [-0.05, 0) is 90.9 Å². The third-order valence-electron chi connectivity index (χ3n) is 8.03. The second kappa shape index (κ2) is 15.6. The summed E-state index contributed by atoms with van der Waals surface area (Å²) in [5.74, 6) is -0.178. The maximum atomic E-state index is 13.6. The Morgan fingerprint density at radius 1 is 1.00 bits per heavy atom. The van der Waals surface area contributed by atoms with E-state index in [9.17, 15) is 14.4 Å². The van der Waals surface area contributed by atoms with Crippen LogP contribution in [-0.4, -0.2) is 58.1 Å². The van der Waals surface area contributed by atoms with Crippen LogP contribution in [0.5, 0.6) is 0 Å². The minimum atomic E-state index is -0.805. The summed E-state index contributed by atoms with van der Waals surface area (Å²) in [6, 6.07) is 18.9. The quantitative estimate of drug-likeness (QED) is 0.177. The lowest BCUT2D eigenvalue weighted by Crippen LogP contribution is -2.48. The van der Waals surface area contributed by atoms with E-state index >= 15 is 0 Å². The van der Waals surface area contributed by atoms with Gasteiger partial charge in [-0.25, -0.2) is 4.79 Å². The van der Waals surface area contributed by atoms with Gasteiger partial charge in [0.05, 0.1) is 12.7 Å².